The fourth-order valence-electron chi connectivity index (χ4n) is 1.91. The van der Waals surface area contributed by atoms with Crippen molar-refractivity contribution in [2.24, 2.45) is 0 Å². The standard InChI is InChI=1S/C14H21N3O2/c1-4-19-14(18)11-9-15-12(7-8-17(2)3)16-13(11)10-5-6-10/h9-10H,4-8H2,1-3H3. The molecule has 1 fully saturated rings. The summed E-state index contributed by atoms with van der Waals surface area (Å²) >= 11 is 0. The van der Waals surface area contributed by atoms with E-state index in [-0.39, 0.29) is 5.97 Å². The number of carbonyl (C=O) groups excluding carboxylic acids is 1. The van der Waals surface area contributed by atoms with Crippen molar-refractivity contribution in [3.8, 4) is 0 Å². The number of ether oxygens (including phenoxy) is 1. The molecule has 0 N–H and O–H groups in total. The Bertz CT molecular complexity index is 456. The van der Waals surface area contributed by atoms with Crippen molar-refractivity contribution in [3.63, 3.8) is 0 Å². The highest BCUT2D eigenvalue weighted by Crippen LogP contribution is 2.40. The Hall–Kier alpha value is -1.49. The molecule has 0 saturated heterocycles. The Morgan fingerprint density at radius 2 is 2.21 bits per heavy atom. The fraction of sp³-hybridized carbons (Fsp3) is 0.643. The maximum atomic E-state index is 11.9. The first kappa shape index (κ1) is 13.9. The minimum absolute atomic E-state index is 0.302. The number of esters is 1. The molecule has 0 aromatic carbocycles. The highest BCUT2D eigenvalue weighted by molar-refractivity contribution is 5.90. The summed E-state index contributed by atoms with van der Waals surface area (Å²) in [5, 5.41) is 0. The van der Waals surface area contributed by atoms with Crippen molar-refractivity contribution >= 4 is 5.97 Å². The van der Waals surface area contributed by atoms with E-state index in [4.69, 9.17) is 4.74 Å². The molecule has 0 radical (unpaired) electrons. The van der Waals surface area contributed by atoms with Crippen LogP contribution in [0.4, 0.5) is 0 Å². The normalized spacial score (nSPS) is 14.7. The average Bonchev–Trinajstić information content (AvgIpc) is 3.20. The second-order valence-electron chi connectivity index (χ2n) is 5.13. The SMILES string of the molecule is CCOC(=O)c1cnc(CCN(C)C)nc1C1CC1. The van der Waals surface area contributed by atoms with Crippen LogP contribution in [0.5, 0.6) is 0 Å². The van der Waals surface area contributed by atoms with Gasteiger partial charge in [0, 0.05) is 25.1 Å². The molecule has 1 aromatic rings. The number of rotatable bonds is 6. The molecule has 1 saturated carbocycles. The first-order valence-corrected chi connectivity index (χ1v) is 6.79. The van der Waals surface area contributed by atoms with E-state index >= 15 is 0 Å². The van der Waals surface area contributed by atoms with E-state index in [1.165, 1.54) is 0 Å². The number of nitrogens with zero attached hydrogens (tertiary/aromatic N) is 3. The largest absolute Gasteiger partial charge is 0.462 e. The van der Waals surface area contributed by atoms with E-state index in [2.05, 4.69) is 14.9 Å². The van der Waals surface area contributed by atoms with Crippen LogP contribution >= 0.6 is 0 Å². The lowest BCUT2D eigenvalue weighted by atomic mass is 10.1. The van der Waals surface area contributed by atoms with Crippen molar-refractivity contribution in [1.82, 2.24) is 14.9 Å². The second-order valence-corrected chi connectivity index (χ2v) is 5.13. The molecule has 19 heavy (non-hydrogen) atoms. The molecule has 0 unspecified atom stereocenters. The molecule has 1 aliphatic carbocycles. The van der Waals surface area contributed by atoms with Gasteiger partial charge in [-0.25, -0.2) is 14.8 Å². The van der Waals surface area contributed by atoms with Crippen LogP contribution in [0, 0.1) is 0 Å². The van der Waals surface area contributed by atoms with E-state index in [1.54, 1.807) is 13.1 Å². The molecule has 104 valence electrons. The van der Waals surface area contributed by atoms with Crippen LogP contribution in [0.15, 0.2) is 6.20 Å². The first-order chi connectivity index (χ1) is 9.11. The zero-order valence-corrected chi connectivity index (χ0v) is 11.8. The van der Waals surface area contributed by atoms with Crippen molar-refractivity contribution in [1.29, 1.82) is 0 Å². The number of aromatic nitrogens is 2. The quantitative estimate of drug-likeness (QED) is 0.730. The molecule has 1 heterocycles. The second kappa shape index (κ2) is 6.10. The van der Waals surface area contributed by atoms with E-state index in [0.29, 0.717) is 18.1 Å². The smallest absolute Gasteiger partial charge is 0.341 e. The maximum Gasteiger partial charge on any atom is 0.341 e. The van der Waals surface area contributed by atoms with Crippen molar-refractivity contribution in [2.75, 3.05) is 27.2 Å². The molecular weight excluding hydrogens is 242 g/mol. The van der Waals surface area contributed by atoms with E-state index < -0.39 is 0 Å². The maximum absolute atomic E-state index is 11.9. The third kappa shape index (κ3) is 3.73. The van der Waals surface area contributed by atoms with Gasteiger partial charge in [-0.1, -0.05) is 0 Å². The molecule has 2 rings (SSSR count). The number of likely N-dealkylation sites (N-methyl/N-ethyl adjacent to an activating group) is 1. The number of carbonyl (C=O) groups is 1. The highest BCUT2D eigenvalue weighted by atomic mass is 16.5. The van der Waals surface area contributed by atoms with Crippen LogP contribution in [0.25, 0.3) is 0 Å². The van der Waals surface area contributed by atoms with Crippen LogP contribution < -0.4 is 0 Å². The summed E-state index contributed by atoms with van der Waals surface area (Å²) in [4.78, 5) is 22.8. The van der Waals surface area contributed by atoms with Crippen molar-refractivity contribution < 1.29 is 9.53 Å². The highest BCUT2D eigenvalue weighted by Gasteiger charge is 2.30. The van der Waals surface area contributed by atoms with Gasteiger partial charge in [0.1, 0.15) is 5.82 Å². The Labute approximate surface area is 114 Å². The molecule has 0 spiro atoms. The number of hydrogen-bond acceptors (Lipinski definition) is 5. The zero-order chi connectivity index (χ0) is 13.8. The molecule has 0 amide bonds. The summed E-state index contributed by atoms with van der Waals surface area (Å²) in [6.07, 6.45) is 4.65. The summed E-state index contributed by atoms with van der Waals surface area (Å²) in [5.74, 6) is 0.924. The van der Waals surface area contributed by atoms with Gasteiger partial charge in [-0.15, -0.1) is 0 Å². The minimum Gasteiger partial charge on any atom is -0.462 e. The van der Waals surface area contributed by atoms with Gasteiger partial charge in [-0.05, 0) is 33.9 Å². The summed E-state index contributed by atoms with van der Waals surface area (Å²) in [7, 11) is 4.05. The lowest BCUT2D eigenvalue weighted by Gasteiger charge is -2.11. The molecule has 0 bridgehead atoms. The predicted molar refractivity (Wildman–Crippen MR) is 72.2 cm³/mol. The average molecular weight is 263 g/mol. The summed E-state index contributed by atoms with van der Waals surface area (Å²) in [5.41, 5.74) is 1.42. The summed E-state index contributed by atoms with van der Waals surface area (Å²) < 4.78 is 5.06. The van der Waals surface area contributed by atoms with Gasteiger partial charge in [0.2, 0.25) is 0 Å². The topological polar surface area (TPSA) is 55.3 Å². The molecular formula is C14H21N3O2. The van der Waals surface area contributed by atoms with E-state index in [0.717, 1.165) is 37.3 Å². The molecule has 5 nitrogen and oxygen atoms in total. The Morgan fingerprint density at radius 1 is 1.47 bits per heavy atom. The third-order valence-electron chi connectivity index (χ3n) is 3.11. The van der Waals surface area contributed by atoms with Gasteiger partial charge in [-0.2, -0.15) is 0 Å². The fourth-order valence-corrected chi connectivity index (χ4v) is 1.91. The van der Waals surface area contributed by atoms with Crippen molar-refractivity contribution in [2.45, 2.75) is 32.1 Å². The van der Waals surface area contributed by atoms with Gasteiger partial charge >= 0.3 is 5.97 Å². The van der Waals surface area contributed by atoms with Crippen LogP contribution in [-0.2, 0) is 11.2 Å². The third-order valence-corrected chi connectivity index (χ3v) is 3.11. The summed E-state index contributed by atoms with van der Waals surface area (Å²) in [6, 6.07) is 0. The minimum atomic E-state index is -0.302. The van der Waals surface area contributed by atoms with Gasteiger partial charge in [0.05, 0.1) is 17.9 Å². The first-order valence-electron chi connectivity index (χ1n) is 6.79. The van der Waals surface area contributed by atoms with Crippen LogP contribution in [0.2, 0.25) is 0 Å². The van der Waals surface area contributed by atoms with Gasteiger partial charge in [0.25, 0.3) is 0 Å². The van der Waals surface area contributed by atoms with Gasteiger partial charge in [0.15, 0.2) is 0 Å². The molecule has 1 aromatic heterocycles. The Morgan fingerprint density at radius 3 is 2.79 bits per heavy atom. The van der Waals surface area contributed by atoms with Crippen LogP contribution in [-0.4, -0.2) is 48.1 Å². The number of hydrogen-bond donors (Lipinski definition) is 0. The molecule has 0 atom stereocenters. The van der Waals surface area contributed by atoms with Crippen LogP contribution in [0.3, 0.4) is 0 Å². The lowest BCUT2D eigenvalue weighted by molar-refractivity contribution is 0.0523. The monoisotopic (exact) mass is 263 g/mol. The zero-order valence-electron chi connectivity index (χ0n) is 11.8. The molecule has 0 aliphatic heterocycles. The van der Waals surface area contributed by atoms with Crippen molar-refractivity contribution in [3.05, 3.63) is 23.3 Å². The van der Waals surface area contributed by atoms with E-state index in [1.807, 2.05) is 14.1 Å². The predicted octanol–water partition coefficient (Wildman–Crippen LogP) is 1.63. The Balaban J connectivity index is 2.18. The lowest BCUT2D eigenvalue weighted by Crippen LogP contribution is -2.18. The van der Waals surface area contributed by atoms with E-state index in [9.17, 15) is 4.79 Å². The Kier molecular flexibility index (Phi) is 4.47. The van der Waals surface area contributed by atoms with Gasteiger partial charge < -0.3 is 9.64 Å². The van der Waals surface area contributed by atoms with Gasteiger partial charge in [-0.3, -0.25) is 0 Å². The molecule has 5 heteroatoms. The summed E-state index contributed by atoms with van der Waals surface area (Å²) in [6.45, 7) is 3.09. The van der Waals surface area contributed by atoms with Crippen LogP contribution in [0.1, 0.15) is 47.6 Å². The molecule has 1 aliphatic rings.